The lowest BCUT2D eigenvalue weighted by atomic mass is 10.0. The van der Waals surface area contributed by atoms with Gasteiger partial charge in [-0.2, -0.15) is 8.42 Å². The number of halogens is 5. The molecule has 35 heavy (non-hydrogen) atoms. The average molecular weight is 506 g/mol. The molecule has 0 aromatic heterocycles. The van der Waals surface area contributed by atoms with Gasteiger partial charge in [0.1, 0.15) is 4.90 Å². The van der Waals surface area contributed by atoms with Gasteiger partial charge in [0.15, 0.2) is 29.6 Å². The lowest BCUT2D eigenvalue weighted by Gasteiger charge is -2.08. The molecule has 0 saturated carbocycles. The Kier molecular flexibility index (Phi) is 7.78. The van der Waals surface area contributed by atoms with E-state index in [1.165, 1.54) is 6.07 Å². The Morgan fingerprint density at radius 1 is 0.571 bits per heavy atom. The molecular formula is C25H15F5O4S. The van der Waals surface area contributed by atoms with Crippen molar-refractivity contribution in [2.45, 2.75) is 4.90 Å². The Morgan fingerprint density at radius 2 is 1.00 bits per heavy atom. The van der Waals surface area contributed by atoms with Crippen LogP contribution in [-0.4, -0.2) is 19.3 Å². The van der Waals surface area contributed by atoms with Crippen molar-refractivity contribution in [2.24, 2.45) is 0 Å². The highest BCUT2D eigenvalue weighted by atomic mass is 32.2. The Labute approximate surface area is 197 Å². The molecule has 0 spiro atoms. The summed E-state index contributed by atoms with van der Waals surface area (Å²) in [5.41, 5.74) is 1.92. The summed E-state index contributed by atoms with van der Waals surface area (Å²) in [5.74, 6) is -10.8. The first-order chi connectivity index (χ1) is 16.6. The first kappa shape index (κ1) is 25.7. The van der Waals surface area contributed by atoms with Crippen LogP contribution in [-0.2, 0) is 10.1 Å². The standard InChI is InChI=1S/C18H14O3S.C7HF5O/c19-22(20,21)18-9-5-4-8-17(18)16-12-10-15(11-13-16)14-6-2-1-3-7-14;8-3-2(1-13)4(9)6(11)7(12)5(3)10/h1-13H,(H,19,20,21);1H. The summed E-state index contributed by atoms with van der Waals surface area (Å²) < 4.78 is 94.0. The molecule has 0 aliphatic heterocycles. The fourth-order valence-electron chi connectivity index (χ4n) is 3.13. The maximum Gasteiger partial charge on any atom is 0.295 e. The maximum absolute atomic E-state index is 12.5. The maximum atomic E-state index is 12.5. The summed E-state index contributed by atoms with van der Waals surface area (Å²) >= 11 is 0. The van der Waals surface area contributed by atoms with E-state index in [0.29, 0.717) is 5.56 Å². The third-order valence-electron chi connectivity index (χ3n) is 4.83. The van der Waals surface area contributed by atoms with Crippen molar-refractivity contribution in [3.8, 4) is 22.3 Å². The van der Waals surface area contributed by atoms with Gasteiger partial charge in [-0.25, -0.2) is 22.0 Å². The van der Waals surface area contributed by atoms with Gasteiger partial charge in [0, 0.05) is 5.56 Å². The lowest BCUT2D eigenvalue weighted by Crippen LogP contribution is -2.05. The van der Waals surface area contributed by atoms with Crippen LogP contribution < -0.4 is 0 Å². The first-order valence-electron chi connectivity index (χ1n) is 9.75. The van der Waals surface area contributed by atoms with Crippen LogP contribution in [0.25, 0.3) is 22.3 Å². The number of hydrogen-bond donors (Lipinski definition) is 1. The number of carbonyl (C=O) groups is 1. The van der Waals surface area contributed by atoms with Crippen molar-refractivity contribution >= 4 is 16.4 Å². The molecule has 4 aromatic carbocycles. The number of carbonyl (C=O) groups excluding carboxylic acids is 1. The van der Waals surface area contributed by atoms with E-state index < -0.39 is 51.1 Å². The molecule has 0 heterocycles. The molecule has 0 aliphatic carbocycles. The highest BCUT2D eigenvalue weighted by Gasteiger charge is 2.25. The Morgan fingerprint density at radius 3 is 1.51 bits per heavy atom. The third kappa shape index (κ3) is 5.61. The quantitative estimate of drug-likeness (QED) is 0.113. The van der Waals surface area contributed by atoms with Crippen molar-refractivity contribution in [3.05, 3.63) is 114 Å². The fourth-order valence-corrected chi connectivity index (χ4v) is 3.84. The monoisotopic (exact) mass is 506 g/mol. The Hall–Kier alpha value is -3.89. The predicted molar refractivity (Wildman–Crippen MR) is 119 cm³/mol. The largest absolute Gasteiger partial charge is 0.298 e. The number of hydrogen-bond acceptors (Lipinski definition) is 3. The molecule has 0 bridgehead atoms. The molecule has 0 unspecified atom stereocenters. The zero-order valence-electron chi connectivity index (χ0n) is 17.6. The third-order valence-corrected chi connectivity index (χ3v) is 5.74. The summed E-state index contributed by atoms with van der Waals surface area (Å²) in [6, 6.07) is 23.9. The summed E-state index contributed by atoms with van der Waals surface area (Å²) in [6.07, 6.45) is -0.434. The van der Waals surface area contributed by atoms with Crippen LogP contribution in [0.5, 0.6) is 0 Å². The molecular weight excluding hydrogens is 491 g/mol. The van der Waals surface area contributed by atoms with E-state index in [0.717, 1.165) is 16.7 Å². The van der Waals surface area contributed by atoms with Gasteiger partial charge in [-0.15, -0.1) is 0 Å². The minimum atomic E-state index is -4.24. The molecule has 0 amide bonds. The zero-order chi connectivity index (χ0) is 25.8. The molecule has 180 valence electrons. The van der Waals surface area contributed by atoms with Crippen molar-refractivity contribution in [3.63, 3.8) is 0 Å². The second-order valence-electron chi connectivity index (χ2n) is 7.02. The van der Waals surface area contributed by atoms with Gasteiger partial charge >= 0.3 is 0 Å². The SMILES string of the molecule is O=Cc1c(F)c(F)c(F)c(F)c1F.O=S(=O)(O)c1ccccc1-c1ccc(-c2ccccc2)cc1. The van der Waals surface area contributed by atoms with Gasteiger partial charge in [-0.3, -0.25) is 9.35 Å². The Balaban J connectivity index is 0.000000225. The highest BCUT2D eigenvalue weighted by molar-refractivity contribution is 7.86. The molecule has 0 saturated heterocycles. The number of benzene rings is 4. The van der Waals surface area contributed by atoms with Crippen LogP contribution in [0.4, 0.5) is 22.0 Å². The van der Waals surface area contributed by atoms with Gasteiger partial charge < -0.3 is 0 Å². The minimum Gasteiger partial charge on any atom is -0.298 e. The normalized spacial score (nSPS) is 10.9. The van der Waals surface area contributed by atoms with Gasteiger partial charge in [0.25, 0.3) is 10.1 Å². The van der Waals surface area contributed by atoms with E-state index in [4.69, 9.17) is 0 Å². The summed E-state index contributed by atoms with van der Waals surface area (Å²) in [5, 5.41) is 0. The van der Waals surface area contributed by atoms with Gasteiger partial charge in [-0.05, 0) is 22.8 Å². The van der Waals surface area contributed by atoms with Gasteiger partial charge in [0.05, 0.1) is 5.56 Å². The smallest absolute Gasteiger partial charge is 0.295 e. The molecule has 0 radical (unpaired) electrons. The van der Waals surface area contributed by atoms with Crippen LogP contribution in [0.2, 0.25) is 0 Å². The van der Waals surface area contributed by atoms with Crippen molar-refractivity contribution in [1.82, 2.24) is 0 Å². The molecule has 4 rings (SSSR count). The highest BCUT2D eigenvalue weighted by Crippen LogP contribution is 2.29. The molecule has 4 aromatic rings. The minimum absolute atomic E-state index is 0.0811. The molecule has 0 atom stereocenters. The average Bonchev–Trinajstić information content (AvgIpc) is 2.87. The summed E-state index contributed by atoms with van der Waals surface area (Å²) in [7, 11) is -4.24. The van der Waals surface area contributed by atoms with Gasteiger partial charge in [-0.1, -0.05) is 72.8 Å². The van der Waals surface area contributed by atoms with Crippen LogP contribution >= 0.6 is 0 Å². The fraction of sp³-hybridized carbons (Fsp3) is 0. The van der Waals surface area contributed by atoms with Crippen molar-refractivity contribution in [1.29, 1.82) is 0 Å². The first-order valence-corrected chi connectivity index (χ1v) is 11.2. The van der Waals surface area contributed by atoms with Crippen molar-refractivity contribution in [2.75, 3.05) is 0 Å². The van der Waals surface area contributed by atoms with Crippen molar-refractivity contribution < 1.29 is 39.7 Å². The summed E-state index contributed by atoms with van der Waals surface area (Å²) in [4.78, 5) is 9.85. The van der Waals surface area contributed by atoms with E-state index >= 15 is 0 Å². The predicted octanol–water partition coefficient (Wildman–Crippen LogP) is 6.46. The molecule has 0 fully saturated rings. The molecule has 0 aliphatic rings. The summed E-state index contributed by atoms with van der Waals surface area (Å²) in [6.45, 7) is 0. The topological polar surface area (TPSA) is 71.4 Å². The molecule has 10 heteroatoms. The van der Waals surface area contributed by atoms with E-state index in [-0.39, 0.29) is 4.90 Å². The van der Waals surface area contributed by atoms with Crippen LogP contribution in [0.1, 0.15) is 10.4 Å². The van der Waals surface area contributed by atoms with Gasteiger partial charge in [0.2, 0.25) is 5.82 Å². The van der Waals surface area contributed by atoms with E-state index in [1.807, 2.05) is 54.6 Å². The Bertz CT molecular complexity index is 1440. The van der Waals surface area contributed by atoms with E-state index in [2.05, 4.69) is 0 Å². The zero-order valence-corrected chi connectivity index (χ0v) is 18.4. The molecule has 4 nitrogen and oxygen atoms in total. The van der Waals surface area contributed by atoms with Crippen LogP contribution in [0.15, 0.2) is 83.8 Å². The molecule has 1 N–H and O–H groups in total. The van der Waals surface area contributed by atoms with E-state index in [1.54, 1.807) is 18.2 Å². The number of aldehydes is 1. The second-order valence-corrected chi connectivity index (χ2v) is 8.41. The van der Waals surface area contributed by atoms with E-state index in [9.17, 15) is 39.7 Å². The number of rotatable bonds is 4. The second kappa shape index (κ2) is 10.6. The van der Waals surface area contributed by atoms with Crippen LogP contribution in [0.3, 0.4) is 0 Å². The lowest BCUT2D eigenvalue weighted by molar-refractivity contribution is 0.111. The van der Waals surface area contributed by atoms with Crippen LogP contribution in [0, 0.1) is 29.1 Å².